The van der Waals surface area contributed by atoms with Crippen LogP contribution in [0.1, 0.15) is 24.3 Å². The van der Waals surface area contributed by atoms with Crippen LogP contribution in [0.5, 0.6) is 0 Å². The number of hydrogen-bond donors (Lipinski definition) is 1. The van der Waals surface area contributed by atoms with Crippen molar-refractivity contribution in [2.75, 3.05) is 0 Å². The van der Waals surface area contributed by atoms with Crippen molar-refractivity contribution < 1.29 is 14.3 Å². The molecule has 74 valence electrons. The molecule has 0 bridgehead atoms. The number of carboxylic acid groups (broad SMARTS) is 1. The first kappa shape index (κ1) is 9.19. The maximum atomic E-state index is 12.6. The second-order valence-corrected chi connectivity index (χ2v) is 3.75. The summed E-state index contributed by atoms with van der Waals surface area (Å²) in [6.45, 7) is 0. The van der Waals surface area contributed by atoms with Crippen molar-refractivity contribution in [1.82, 2.24) is 0 Å². The fourth-order valence-electron chi connectivity index (χ4n) is 1.82. The van der Waals surface area contributed by atoms with Gasteiger partial charge in [-0.25, -0.2) is 4.39 Å². The van der Waals surface area contributed by atoms with Gasteiger partial charge < -0.3 is 5.11 Å². The fraction of sp³-hybridized carbons (Fsp3) is 0.364. The first-order valence-corrected chi connectivity index (χ1v) is 4.64. The van der Waals surface area contributed by atoms with Crippen LogP contribution in [0.25, 0.3) is 0 Å². The molecule has 0 saturated heterocycles. The summed E-state index contributed by atoms with van der Waals surface area (Å²) in [5, 5.41) is 8.57. The molecule has 0 spiro atoms. The minimum absolute atomic E-state index is 0.224. The Labute approximate surface area is 81.4 Å². The van der Waals surface area contributed by atoms with Crippen molar-refractivity contribution in [3.63, 3.8) is 0 Å². The third-order valence-electron chi connectivity index (χ3n) is 2.66. The van der Waals surface area contributed by atoms with Crippen molar-refractivity contribution >= 4 is 5.97 Å². The van der Waals surface area contributed by atoms with E-state index in [2.05, 4.69) is 0 Å². The molecule has 2 rings (SSSR count). The molecule has 2 nitrogen and oxygen atoms in total. The molecule has 3 heteroatoms. The minimum Gasteiger partial charge on any atom is -0.481 e. The zero-order chi connectivity index (χ0) is 10.1. The summed E-state index contributed by atoms with van der Waals surface area (Å²) in [7, 11) is 0. The summed E-state index contributed by atoms with van der Waals surface area (Å²) in [6, 6.07) is 6.32. The van der Waals surface area contributed by atoms with Crippen LogP contribution in [0.3, 0.4) is 0 Å². The largest absolute Gasteiger partial charge is 0.481 e. The smallest absolute Gasteiger partial charge is 0.303 e. The van der Waals surface area contributed by atoms with E-state index in [1.807, 2.05) is 0 Å². The first-order chi connectivity index (χ1) is 6.66. The molecule has 0 amide bonds. The Bertz CT molecular complexity index is 345. The molecule has 14 heavy (non-hydrogen) atoms. The van der Waals surface area contributed by atoms with E-state index in [0.29, 0.717) is 5.92 Å². The summed E-state index contributed by atoms with van der Waals surface area (Å²) < 4.78 is 12.6. The Morgan fingerprint density at radius 3 is 2.64 bits per heavy atom. The van der Waals surface area contributed by atoms with Gasteiger partial charge in [-0.3, -0.25) is 4.79 Å². The van der Waals surface area contributed by atoms with E-state index in [0.717, 1.165) is 12.0 Å². The standard InChI is InChI=1S/C11H11FO2/c12-9-3-1-7(2-4-9)10-5-8(10)6-11(13)14/h1-4,8,10H,5-6H2,(H,13,14)/t8-,10-/m1/s1. The third-order valence-corrected chi connectivity index (χ3v) is 2.66. The number of halogens is 1. The van der Waals surface area contributed by atoms with Crippen LogP contribution < -0.4 is 0 Å². The number of rotatable bonds is 3. The molecule has 2 atom stereocenters. The summed E-state index contributed by atoms with van der Waals surface area (Å²) in [5.74, 6) is -0.423. The number of benzene rings is 1. The van der Waals surface area contributed by atoms with Gasteiger partial charge in [0.25, 0.3) is 0 Å². The van der Waals surface area contributed by atoms with Crippen LogP contribution in [0.4, 0.5) is 4.39 Å². The van der Waals surface area contributed by atoms with E-state index in [1.54, 1.807) is 12.1 Å². The fourth-order valence-corrected chi connectivity index (χ4v) is 1.82. The SMILES string of the molecule is O=C(O)C[C@H]1C[C@@H]1c1ccc(F)cc1. The lowest BCUT2D eigenvalue weighted by Crippen LogP contribution is -1.96. The highest BCUT2D eigenvalue weighted by molar-refractivity contribution is 5.67. The first-order valence-electron chi connectivity index (χ1n) is 4.64. The Balaban J connectivity index is 1.99. The normalized spacial score (nSPS) is 24.6. The highest BCUT2D eigenvalue weighted by Crippen LogP contribution is 2.49. The second kappa shape index (κ2) is 3.40. The second-order valence-electron chi connectivity index (χ2n) is 3.75. The lowest BCUT2D eigenvalue weighted by Gasteiger charge is -1.98. The number of carbonyl (C=O) groups is 1. The predicted molar refractivity (Wildman–Crippen MR) is 49.5 cm³/mol. The minimum atomic E-state index is -0.750. The maximum Gasteiger partial charge on any atom is 0.303 e. The summed E-state index contributed by atoms with van der Waals surface area (Å²) in [6.07, 6.45) is 1.14. The summed E-state index contributed by atoms with van der Waals surface area (Å²) in [4.78, 5) is 10.4. The van der Waals surface area contributed by atoms with Gasteiger partial charge >= 0.3 is 5.97 Å². The third kappa shape index (κ3) is 1.92. The molecule has 1 saturated carbocycles. The molecule has 0 heterocycles. The Morgan fingerprint density at radius 1 is 1.43 bits per heavy atom. The number of aliphatic carboxylic acids is 1. The van der Waals surface area contributed by atoms with Gasteiger partial charge in [-0.2, -0.15) is 0 Å². The van der Waals surface area contributed by atoms with E-state index in [4.69, 9.17) is 5.11 Å². The van der Waals surface area contributed by atoms with Gasteiger partial charge in [0.1, 0.15) is 5.82 Å². The predicted octanol–water partition coefficient (Wildman–Crippen LogP) is 2.40. The Hall–Kier alpha value is -1.38. The zero-order valence-corrected chi connectivity index (χ0v) is 7.61. The van der Waals surface area contributed by atoms with Crippen LogP contribution in [-0.4, -0.2) is 11.1 Å². The van der Waals surface area contributed by atoms with Gasteiger partial charge in [-0.15, -0.1) is 0 Å². The average molecular weight is 194 g/mol. The molecule has 0 unspecified atom stereocenters. The lowest BCUT2D eigenvalue weighted by atomic mass is 10.1. The maximum absolute atomic E-state index is 12.6. The quantitative estimate of drug-likeness (QED) is 0.802. The molecular formula is C11H11FO2. The van der Waals surface area contributed by atoms with Crippen molar-refractivity contribution in [1.29, 1.82) is 0 Å². The monoisotopic (exact) mass is 194 g/mol. The molecule has 1 N–H and O–H groups in total. The molecule has 1 aliphatic rings. The molecule has 0 radical (unpaired) electrons. The zero-order valence-electron chi connectivity index (χ0n) is 7.61. The van der Waals surface area contributed by atoms with E-state index >= 15 is 0 Å². The number of carboxylic acids is 1. The molecular weight excluding hydrogens is 183 g/mol. The van der Waals surface area contributed by atoms with Crippen molar-refractivity contribution in [3.8, 4) is 0 Å². The van der Waals surface area contributed by atoms with Crippen molar-refractivity contribution in [2.24, 2.45) is 5.92 Å². The molecule has 1 aromatic carbocycles. The Kier molecular flexibility index (Phi) is 2.23. The number of hydrogen-bond acceptors (Lipinski definition) is 1. The van der Waals surface area contributed by atoms with E-state index in [1.165, 1.54) is 12.1 Å². The molecule has 1 aromatic rings. The van der Waals surface area contributed by atoms with Crippen LogP contribution in [0.15, 0.2) is 24.3 Å². The van der Waals surface area contributed by atoms with Gasteiger partial charge in [0.05, 0.1) is 0 Å². The van der Waals surface area contributed by atoms with Gasteiger partial charge in [0.2, 0.25) is 0 Å². The topological polar surface area (TPSA) is 37.3 Å². The van der Waals surface area contributed by atoms with Crippen molar-refractivity contribution in [3.05, 3.63) is 35.6 Å². The van der Waals surface area contributed by atoms with Gasteiger partial charge in [0.15, 0.2) is 0 Å². The summed E-state index contributed by atoms with van der Waals surface area (Å²) >= 11 is 0. The van der Waals surface area contributed by atoms with Crippen LogP contribution in [0.2, 0.25) is 0 Å². The van der Waals surface area contributed by atoms with Gasteiger partial charge in [0, 0.05) is 6.42 Å². The highest BCUT2D eigenvalue weighted by Gasteiger charge is 2.39. The molecule has 0 aromatic heterocycles. The van der Waals surface area contributed by atoms with E-state index in [9.17, 15) is 9.18 Å². The van der Waals surface area contributed by atoms with E-state index in [-0.39, 0.29) is 18.2 Å². The molecule has 1 fully saturated rings. The van der Waals surface area contributed by atoms with Gasteiger partial charge in [-0.1, -0.05) is 12.1 Å². The van der Waals surface area contributed by atoms with Crippen LogP contribution in [-0.2, 0) is 4.79 Å². The van der Waals surface area contributed by atoms with Crippen LogP contribution in [0, 0.1) is 11.7 Å². The molecule has 1 aliphatic carbocycles. The van der Waals surface area contributed by atoms with E-state index < -0.39 is 5.97 Å². The highest BCUT2D eigenvalue weighted by atomic mass is 19.1. The van der Waals surface area contributed by atoms with Crippen LogP contribution >= 0.6 is 0 Å². The Morgan fingerprint density at radius 2 is 2.07 bits per heavy atom. The van der Waals surface area contributed by atoms with Gasteiger partial charge in [-0.05, 0) is 36.0 Å². The average Bonchev–Trinajstić information content (AvgIpc) is 2.84. The molecule has 0 aliphatic heterocycles. The van der Waals surface area contributed by atoms with Crippen molar-refractivity contribution in [2.45, 2.75) is 18.8 Å². The summed E-state index contributed by atoms with van der Waals surface area (Å²) in [5.41, 5.74) is 1.05. The lowest BCUT2D eigenvalue weighted by molar-refractivity contribution is -0.137.